The van der Waals surface area contributed by atoms with Crippen LogP contribution >= 0.6 is 11.8 Å². The van der Waals surface area contributed by atoms with Crippen LogP contribution in [0.1, 0.15) is 17.5 Å². The summed E-state index contributed by atoms with van der Waals surface area (Å²) in [6.45, 7) is 2.91. The Morgan fingerprint density at radius 2 is 1.93 bits per heavy atom. The van der Waals surface area contributed by atoms with Gasteiger partial charge >= 0.3 is 6.18 Å². The topological polar surface area (TPSA) is 49.2 Å². The van der Waals surface area contributed by atoms with Crippen molar-refractivity contribution in [2.24, 2.45) is 0 Å². The summed E-state index contributed by atoms with van der Waals surface area (Å²) in [5.74, 6) is -0.503. The van der Waals surface area contributed by atoms with E-state index in [1.807, 2.05) is 11.9 Å². The van der Waals surface area contributed by atoms with Gasteiger partial charge in [0, 0.05) is 23.9 Å². The fraction of sp³-hybridized carbons (Fsp3) is 0.444. The number of aromatic hydroxyl groups is 1. The monoisotopic (exact) mass is 401 g/mol. The number of phenolic OH excluding ortho intramolecular Hbond substituents is 1. The highest BCUT2D eigenvalue weighted by atomic mass is 32.2. The predicted octanol–water partition coefficient (Wildman–Crippen LogP) is 4.31. The molecule has 2 atom stereocenters. The van der Waals surface area contributed by atoms with Gasteiger partial charge in [0.1, 0.15) is 16.9 Å². The van der Waals surface area contributed by atoms with Gasteiger partial charge in [-0.05, 0) is 50.2 Å². The Hall–Kier alpha value is -1.87. The lowest BCUT2D eigenvalue weighted by molar-refractivity contribution is -0.137. The second-order valence-electron chi connectivity index (χ2n) is 6.74. The standard InChI is InChI=1S/C18H19F4N3OS/c1-10-5-16(27-13-7-12(19)8-25(2)9-13)23-24-17(10)14-4-3-11(6-15(14)26)18(20,21)22/h3-6,12-13,26H,7-9H2,1-2H3/t12-,13+/m0/s1. The zero-order valence-electron chi connectivity index (χ0n) is 14.8. The van der Waals surface area contributed by atoms with Gasteiger partial charge in [0.05, 0.1) is 11.3 Å². The molecule has 4 nitrogen and oxygen atoms in total. The van der Waals surface area contributed by atoms with Crippen molar-refractivity contribution in [3.8, 4) is 17.0 Å². The summed E-state index contributed by atoms with van der Waals surface area (Å²) in [6.07, 6.45) is -4.96. The number of aromatic nitrogens is 2. The highest BCUT2D eigenvalue weighted by Gasteiger charge is 2.31. The Morgan fingerprint density at radius 3 is 2.52 bits per heavy atom. The average Bonchev–Trinajstić information content (AvgIpc) is 2.53. The zero-order valence-corrected chi connectivity index (χ0v) is 15.6. The molecule has 9 heteroatoms. The van der Waals surface area contributed by atoms with Crippen LogP contribution in [0.15, 0.2) is 29.3 Å². The first kappa shape index (κ1) is 19.9. The van der Waals surface area contributed by atoms with Crippen molar-refractivity contribution in [1.29, 1.82) is 0 Å². The van der Waals surface area contributed by atoms with Crippen molar-refractivity contribution < 1.29 is 22.7 Å². The van der Waals surface area contributed by atoms with E-state index >= 15 is 0 Å². The molecule has 1 aliphatic rings. The fourth-order valence-corrected chi connectivity index (χ4v) is 4.45. The molecule has 0 saturated carbocycles. The fourth-order valence-electron chi connectivity index (χ4n) is 3.14. The van der Waals surface area contributed by atoms with Crippen molar-refractivity contribution >= 4 is 11.8 Å². The highest BCUT2D eigenvalue weighted by molar-refractivity contribution is 7.99. The molecule has 0 aliphatic carbocycles. The highest BCUT2D eigenvalue weighted by Crippen LogP contribution is 2.37. The number of phenols is 1. The van der Waals surface area contributed by atoms with Gasteiger partial charge in [-0.25, -0.2) is 4.39 Å². The number of alkyl halides is 4. The quantitative estimate of drug-likeness (QED) is 0.777. The van der Waals surface area contributed by atoms with Crippen LogP contribution in [-0.2, 0) is 6.18 Å². The maximum atomic E-state index is 13.7. The Labute approximate surface area is 158 Å². The van der Waals surface area contributed by atoms with E-state index in [0.717, 1.165) is 12.6 Å². The minimum absolute atomic E-state index is 0.0535. The summed E-state index contributed by atoms with van der Waals surface area (Å²) < 4.78 is 51.9. The molecule has 0 spiro atoms. The van der Waals surface area contributed by atoms with Gasteiger partial charge in [-0.1, -0.05) is 11.8 Å². The van der Waals surface area contributed by atoms with Gasteiger partial charge in [0.25, 0.3) is 0 Å². The molecule has 1 saturated heterocycles. The van der Waals surface area contributed by atoms with Crippen molar-refractivity contribution in [2.75, 3.05) is 20.1 Å². The third-order valence-corrected chi connectivity index (χ3v) is 5.49. The van der Waals surface area contributed by atoms with Crippen LogP contribution < -0.4 is 0 Å². The van der Waals surface area contributed by atoms with Crippen molar-refractivity contribution in [3.63, 3.8) is 0 Å². The number of nitrogens with zero attached hydrogens (tertiary/aromatic N) is 3. The summed E-state index contributed by atoms with van der Waals surface area (Å²) >= 11 is 1.43. The number of hydrogen-bond donors (Lipinski definition) is 1. The Balaban J connectivity index is 1.81. The Morgan fingerprint density at radius 1 is 1.19 bits per heavy atom. The van der Waals surface area contributed by atoms with Crippen molar-refractivity contribution in [3.05, 3.63) is 35.4 Å². The van der Waals surface area contributed by atoms with Crippen LogP contribution in [0.4, 0.5) is 17.6 Å². The first-order chi connectivity index (χ1) is 12.6. The van der Waals surface area contributed by atoms with E-state index in [1.165, 1.54) is 17.8 Å². The number of rotatable bonds is 3. The Kier molecular flexibility index (Phi) is 5.62. The molecule has 1 aromatic heterocycles. The molecule has 2 aromatic rings. The summed E-state index contributed by atoms with van der Waals surface area (Å²) in [4.78, 5) is 1.93. The first-order valence-electron chi connectivity index (χ1n) is 8.37. The number of halogens is 4. The molecular formula is C18H19F4N3OS. The number of aryl methyl sites for hydroxylation is 1. The predicted molar refractivity (Wildman–Crippen MR) is 95.5 cm³/mol. The van der Waals surface area contributed by atoms with Crippen LogP contribution in [0.3, 0.4) is 0 Å². The molecule has 0 bridgehead atoms. The molecule has 1 fully saturated rings. The smallest absolute Gasteiger partial charge is 0.416 e. The van der Waals surface area contributed by atoms with Crippen LogP contribution in [-0.4, -0.2) is 51.8 Å². The second kappa shape index (κ2) is 7.63. The van der Waals surface area contributed by atoms with Crippen LogP contribution in [0, 0.1) is 6.92 Å². The summed E-state index contributed by atoms with van der Waals surface area (Å²) in [6, 6.07) is 4.52. The lowest BCUT2D eigenvalue weighted by Gasteiger charge is -2.31. The molecule has 0 amide bonds. The number of likely N-dealkylation sites (tertiary alicyclic amines) is 1. The van der Waals surface area contributed by atoms with E-state index in [-0.39, 0.29) is 10.8 Å². The SMILES string of the molecule is Cc1cc(S[C@@H]2C[C@H](F)CN(C)C2)nnc1-c1ccc(C(F)(F)F)cc1O. The molecule has 0 unspecified atom stereocenters. The number of hydrogen-bond acceptors (Lipinski definition) is 5. The number of piperidine rings is 1. The molecule has 2 heterocycles. The lowest BCUT2D eigenvalue weighted by Crippen LogP contribution is -2.40. The molecule has 1 N–H and O–H groups in total. The summed E-state index contributed by atoms with van der Waals surface area (Å²) in [5, 5.41) is 18.9. The first-order valence-corrected chi connectivity index (χ1v) is 9.25. The number of benzene rings is 1. The van der Waals surface area contributed by atoms with E-state index in [1.54, 1.807) is 13.0 Å². The van der Waals surface area contributed by atoms with Crippen molar-refractivity contribution in [2.45, 2.75) is 36.0 Å². The Bertz CT molecular complexity index is 821. The largest absolute Gasteiger partial charge is 0.507 e. The van der Waals surface area contributed by atoms with Crippen LogP contribution in [0.25, 0.3) is 11.3 Å². The molecule has 1 aliphatic heterocycles. The molecule has 27 heavy (non-hydrogen) atoms. The van der Waals surface area contributed by atoms with Crippen LogP contribution in [0.5, 0.6) is 5.75 Å². The number of thioether (sulfide) groups is 1. The van der Waals surface area contributed by atoms with Gasteiger partial charge < -0.3 is 10.0 Å². The molecule has 3 rings (SSSR count). The maximum absolute atomic E-state index is 13.7. The van der Waals surface area contributed by atoms with Gasteiger partial charge in [-0.3, -0.25) is 0 Å². The minimum Gasteiger partial charge on any atom is -0.507 e. The maximum Gasteiger partial charge on any atom is 0.416 e. The molecule has 1 aromatic carbocycles. The van der Waals surface area contributed by atoms with E-state index < -0.39 is 23.7 Å². The van der Waals surface area contributed by atoms with E-state index in [9.17, 15) is 22.7 Å². The second-order valence-corrected chi connectivity index (χ2v) is 8.06. The lowest BCUT2D eigenvalue weighted by atomic mass is 10.0. The minimum atomic E-state index is -4.53. The third-order valence-electron chi connectivity index (χ3n) is 4.37. The van der Waals surface area contributed by atoms with Crippen molar-refractivity contribution in [1.82, 2.24) is 15.1 Å². The molecule has 0 radical (unpaired) electrons. The van der Waals surface area contributed by atoms with E-state index in [2.05, 4.69) is 10.2 Å². The van der Waals surface area contributed by atoms with Gasteiger partial charge in [-0.2, -0.15) is 13.2 Å². The third kappa shape index (κ3) is 4.70. The molecule has 146 valence electrons. The van der Waals surface area contributed by atoms with Gasteiger partial charge in [-0.15, -0.1) is 10.2 Å². The van der Waals surface area contributed by atoms with Crippen LogP contribution in [0.2, 0.25) is 0 Å². The van der Waals surface area contributed by atoms with Gasteiger partial charge in [0.15, 0.2) is 0 Å². The zero-order chi connectivity index (χ0) is 19.8. The molecular weight excluding hydrogens is 382 g/mol. The summed E-state index contributed by atoms with van der Waals surface area (Å²) in [5.41, 5.74) is 0.243. The van der Waals surface area contributed by atoms with Gasteiger partial charge in [0.2, 0.25) is 0 Å². The van der Waals surface area contributed by atoms with E-state index in [4.69, 9.17) is 0 Å². The summed E-state index contributed by atoms with van der Waals surface area (Å²) in [7, 11) is 1.87. The van der Waals surface area contributed by atoms with E-state index in [0.29, 0.717) is 35.3 Å². The normalized spacial score (nSPS) is 21.4. The average molecular weight is 401 g/mol.